The summed E-state index contributed by atoms with van der Waals surface area (Å²) in [6.45, 7) is 14.2. The maximum absolute atomic E-state index is 4.82. The smallest absolute Gasteiger partial charge is 0.133 e. The van der Waals surface area contributed by atoms with Crippen LogP contribution in [0.2, 0.25) is 0 Å². The summed E-state index contributed by atoms with van der Waals surface area (Å²) >= 11 is 0. The zero-order valence-corrected chi connectivity index (χ0v) is 14.2. The van der Waals surface area contributed by atoms with Crippen molar-refractivity contribution in [1.82, 2.24) is 15.3 Å². The molecule has 0 saturated carbocycles. The van der Waals surface area contributed by atoms with E-state index in [9.17, 15) is 0 Å². The Hall–Kier alpha value is -1.16. The molecule has 0 bridgehead atoms. The molecular formula is C17H30N4. The van der Waals surface area contributed by atoms with Gasteiger partial charge in [-0.3, -0.25) is 0 Å². The van der Waals surface area contributed by atoms with Crippen molar-refractivity contribution >= 4 is 5.82 Å². The van der Waals surface area contributed by atoms with Crippen LogP contribution in [-0.4, -0.2) is 35.6 Å². The van der Waals surface area contributed by atoms with Crippen molar-refractivity contribution in [3.05, 3.63) is 17.6 Å². The summed E-state index contributed by atoms with van der Waals surface area (Å²) in [5.74, 6) is 3.05. The molecule has 1 saturated heterocycles. The molecule has 4 heteroatoms. The van der Waals surface area contributed by atoms with Crippen LogP contribution in [0.5, 0.6) is 0 Å². The highest BCUT2D eigenvalue weighted by Crippen LogP contribution is 2.20. The Morgan fingerprint density at radius 2 is 2.05 bits per heavy atom. The number of rotatable bonds is 6. The summed E-state index contributed by atoms with van der Waals surface area (Å²) in [6.07, 6.45) is 2.57. The standard InChI is InChI=1S/C17H30N4/c1-12(2)10-21(11-15-7-6-8-18-15)16-9-14(5)19-17(20-16)13(3)4/h9,12-13,15,18H,6-8,10-11H2,1-5H3. The Labute approximate surface area is 129 Å². The van der Waals surface area contributed by atoms with Gasteiger partial charge in [-0.05, 0) is 32.2 Å². The van der Waals surface area contributed by atoms with Crippen LogP contribution in [-0.2, 0) is 0 Å². The van der Waals surface area contributed by atoms with Gasteiger partial charge in [-0.2, -0.15) is 0 Å². The van der Waals surface area contributed by atoms with Crippen LogP contribution in [0.1, 0.15) is 58.0 Å². The quantitative estimate of drug-likeness (QED) is 0.874. The van der Waals surface area contributed by atoms with Crippen LogP contribution in [0.15, 0.2) is 6.07 Å². The minimum atomic E-state index is 0.370. The first-order valence-electron chi connectivity index (χ1n) is 8.29. The Balaban J connectivity index is 2.21. The van der Waals surface area contributed by atoms with E-state index < -0.39 is 0 Å². The summed E-state index contributed by atoms with van der Waals surface area (Å²) in [7, 11) is 0. The zero-order valence-electron chi connectivity index (χ0n) is 14.2. The fourth-order valence-corrected chi connectivity index (χ4v) is 2.88. The second-order valence-electron chi connectivity index (χ2n) is 6.97. The largest absolute Gasteiger partial charge is 0.355 e. The molecule has 0 amide bonds. The number of aryl methyl sites for hydroxylation is 1. The summed E-state index contributed by atoms with van der Waals surface area (Å²) in [5.41, 5.74) is 1.07. The first-order chi connectivity index (χ1) is 9.95. The lowest BCUT2D eigenvalue weighted by atomic mass is 10.1. The molecule has 0 radical (unpaired) electrons. The predicted molar refractivity (Wildman–Crippen MR) is 88.9 cm³/mol. The van der Waals surface area contributed by atoms with Crippen molar-refractivity contribution < 1.29 is 0 Å². The summed E-state index contributed by atoms with van der Waals surface area (Å²) in [4.78, 5) is 11.8. The maximum atomic E-state index is 4.82. The molecule has 2 heterocycles. The Bertz CT molecular complexity index is 450. The molecule has 2 rings (SSSR count). The molecule has 21 heavy (non-hydrogen) atoms. The van der Waals surface area contributed by atoms with Crippen LogP contribution in [0, 0.1) is 12.8 Å². The highest BCUT2D eigenvalue weighted by molar-refractivity contribution is 5.40. The van der Waals surface area contributed by atoms with Gasteiger partial charge in [0.15, 0.2) is 0 Å². The summed E-state index contributed by atoms with van der Waals surface area (Å²) in [6, 6.07) is 2.73. The van der Waals surface area contributed by atoms with Gasteiger partial charge in [0.1, 0.15) is 11.6 Å². The average Bonchev–Trinajstić information content (AvgIpc) is 2.89. The lowest BCUT2D eigenvalue weighted by Crippen LogP contribution is -2.40. The fraction of sp³-hybridized carbons (Fsp3) is 0.765. The first-order valence-corrected chi connectivity index (χ1v) is 8.29. The molecule has 0 aliphatic carbocycles. The van der Waals surface area contributed by atoms with Crippen molar-refractivity contribution in [3.63, 3.8) is 0 Å². The molecule has 1 N–H and O–H groups in total. The van der Waals surface area contributed by atoms with Crippen LogP contribution in [0.25, 0.3) is 0 Å². The normalized spacial score (nSPS) is 18.7. The van der Waals surface area contributed by atoms with E-state index in [1.165, 1.54) is 12.8 Å². The van der Waals surface area contributed by atoms with Crippen LogP contribution in [0.3, 0.4) is 0 Å². The molecule has 1 aromatic rings. The van der Waals surface area contributed by atoms with Gasteiger partial charge in [-0.1, -0.05) is 27.7 Å². The van der Waals surface area contributed by atoms with Crippen LogP contribution in [0.4, 0.5) is 5.82 Å². The van der Waals surface area contributed by atoms with E-state index in [0.29, 0.717) is 17.9 Å². The van der Waals surface area contributed by atoms with E-state index in [1.54, 1.807) is 0 Å². The molecule has 0 aromatic carbocycles. The number of nitrogens with one attached hydrogen (secondary N) is 1. The third kappa shape index (κ3) is 4.67. The summed E-state index contributed by atoms with van der Waals surface area (Å²) < 4.78 is 0. The van der Waals surface area contributed by atoms with Crippen molar-refractivity contribution in [2.45, 2.75) is 59.4 Å². The topological polar surface area (TPSA) is 41.0 Å². The van der Waals surface area contributed by atoms with Gasteiger partial charge < -0.3 is 10.2 Å². The van der Waals surface area contributed by atoms with E-state index in [1.807, 2.05) is 0 Å². The third-order valence-electron chi connectivity index (χ3n) is 3.89. The van der Waals surface area contributed by atoms with Crippen molar-refractivity contribution in [1.29, 1.82) is 0 Å². The SMILES string of the molecule is Cc1cc(N(CC(C)C)CC2CCCN2)nc(C(C)C)n1. The zero-order chi connectivity index (χ0) is 15.4. The number of hydrogen-bond donors (Lipinski definition) is 1. The second kappa shape index (κ2) is 7.21. The van der Waals surface area contributed by atoms with Gasteiger partial charge >= 0.3 is 0 Å². The summed E-state index contributed by atoms with van der Waals surface area (Å²) in [5, 5.41) is 3.60. The molecule has 1 unspecified atom stereocenters. The number of hydrogen-bond acceptors (Lipinski definition) is 4. The Morgan fingerprint density at radius 3 is 2.62 bits per heavy atom. The highest BCUT2D eigenvalue weighted by atomic mass is 15.2. The molecule has 1 atom stereocenters. The minimum absolute atomic E-state index is 0.370. The van der Waals surface area contributed by atoms with Gasteiger partial charge in [0.05, 0.1) is 0 Å². The van der Waals surface area contributed by atoms with E-state index in [0.717, 1.165) is 37.0 Å². The molecule has 4 nitrogen and oxygen atoms in total. The Morgan fingerprint density at radius 1 is 1.29 bits per heavy atom. The van der Waals surface area contributed by atoms with Crippen molar-refractivity contribution in [2.75, 3.05) is 24.5 Å². The number of nitrogens with zero attached hydrogens (tertiary/aromatic N) is 3. The number of anilines is 1. The highest BCUT2D eigenvalue weighted by Gasteiger charge is 2.20. The van der Waals surface area contributed by atoms with E-state index in [4.69, 9.17) is 4.98 Å². The molecule has 1 aromatic heterocycles. The maximum Gasteiger partial charge on any atom is 0.133 e. The van der Waals surface area contributed by atoms with Gasteiger partial charge in [-0.15, -0.1) is 0 Å². The van der Waals surface area contributed by atoms with Crippen molar-refractivity contribution in [2.24, 2.45) is 5.92 Å². The average molecular weight is 290 g/mol. The van der Waals surface area contributed by atoms with Gasteiger partial charge in [0.25, 0.3) is 0 Å². The minimum Gasteiger partial charge on any atom is -0.355 e. The van der Waals surface area contributed by atoms with E-state index in [-0.39, 0.29) is 0 Å². The van der Waals surface area contributed by atoms with Crippen molar-refractivity contribution in [3.8, 4) is 0 Å². The molecule has 118 valence electrons. The first kappa shape index (κ1) is 16.2. The monoisotopic (exact) mass is 290 g/mol. The molecule has 1 fully saturated rings. The fourth-order valence-electron chi connectivity index (χ4n) is 2.88. The number of aromatic nitrogens is 2. The molecule has 1 aliphatic heterocycles. The van der Waals surface area contributed by atoms with Crippen LogP contribution < -0.4 is 10.2 Å². The Kier molecular flexibility index (Phi) is 5.57. The molecule has 1 aliphatic rings. The lowest BCUT2D eigenvalue weighted by molar-refractivity contribution is 0.536. The van der Waals surface area contributed by atoms with Gasteiger partial charge in [0.2, 0.25) is 0 Å². The lowest BCUT2D eigenvalue weighted by Gasteiger charge is -2.29. The van der Waals surface area contributed by atoms with E-state index >= 15 is 0 Å². The second-order valence-corrected chi connectivity index (χ2v) is 6.97. The van der Waals surface area contributed by atoms with E-state index in [2.05, 4.69) is 55.9 Å². The third-order valence-corrected chi connectivity index (χ3v) is 3.89. The molecular weight excluding hydrogens is 260 g/mol. The predicted octanol–water partition coefficient (Wildman–Crippen LogP) is 3.12. The van der Waals surface area contributed by atoms with Gasteiger partial charge in [0, 0.05) is 36.8 Å². The van der Waals surface area contributed by atoms with Gasteiger partial charge in [-0.25, -0.2) is 9.97 Å². The molecule has 0 spiro atoms. The van der Waals surface area contributed by atoms with Crippen LogP contribution >= 0.6 is 0 Å².